The maximum absolute atomic E-state index is 10.4. The molecule has 0 rings (SSSR count). The van der Waals surface area contributed by atoms with Crippen LogP contribution in [0, 0.1) is 0 Å². The number of carbonyl (C=O) groups is 1. The number of unbranched alkanes of at least 4 members (excludes halogenated alkanes) is 2. The molecule has 0 spiro atoms. The van der Waals surface area contributed by atoms with Gasteiger partial charge in [0.2, 0.25) is 0 Å². The molecule has 0 bridgehead atoms. The highest BCUT2D eigenvalue weighted by Crippen LogP contribution is 2.09. The fourth-order valence-corrected chi connectivity index (χ4v) is 1.13. The Balaban J connectivity index is 3.44. The van der Waals surface area contributed by atoms with Crippen molar-refractivity contribution in [3.8, 4) is 0 Å². The van der Waals surface area contributed by atoms with Gasteiger partial charge >= 0.3 is 5.97 Å². The largest absolute Gasteiger partial charge is 0.479 e. The normalized spacial score (nSPS) is 12.9. The Morgan fingerprint density at radius 3 is 2.64 bits per heavy atom. The molecule has 66 valence electrons. The number of rotatable bonds is 6. The summed E-state index contributed by atoms with van der Waals surface area (Å²) in [4.78, 5) is 10.4. The van der Waals surface area contributed by atoms with Gasteiger partial charge in [-0.25, -0.2) is 4.79 Å². The van der Waals surface area contributed by atoms with Crippen molar-refractivity contribution in [2.75, 3.05) is 0 Å². The molecule has 0 aromatic rings. The summed E-state index contributed by atoms with van der Waals surface area (Å²) in [5.41, 5.74) is 0. The molecule has 0 aromatic carbocycles. The summed E-state index contributed by atoms with van der Waals surface area (Å²) < 4.78 is 4.57. The lowest BCUT2D eigenvalue weighted by molar-refractivity contribution is -0.144. The molecule has 3 nitrogen and oxygen atoms in total. The van der Waals surface area contributed by atoms with Crippen LogP contribution < -0.4 is 0 Å². The van der Waals surface area contributed by atoms with E-state index in [0.717, 1.165) is 19.3 Å². The lowest BCUT2D eigenvalue weighted by atomic mass is 10.1. The van der Waals surface area contributed by atoms with Crippen molar-refractivity contribution in [1.29, 1.82) is 0 Å². The van der Waals surface area contributed by atoms with Crippen molar-refractivity contribution in [2.45, 2.75) is 38.7 Å². The molecule has 4 heteroatoms. The Bertz CT molecular complexity index is 116. The Morgan fingerprint density at radius 2 is 2.27 bits per heavy atom. The molecule has 1 atom stereocenters. The minimum absolute atomic E-state index is 0.578. The van der Waals surface area contributed by atoms with Gasteiger partial charge in [-0.2, -0.15) is 0 Å². The van der Waals surface area contributed by atoms with E-state index in [0.29, 0.717) is 6.42 Å². The van der Waals surface area contributed by atoms with E-state index in [9.17, 15) is 4.79 Å². The summed E-state index contributed by atoms with van der Waals surface area (Å²) in [6.45, 7) is 2.07. The van der Waals surface area contributed by atoms with E-state index < -0.39 is 12.1 Å². The third kappa shape index (κ3) is 5.21. The number of hydrogen-bond donors (Lipinski definition) is 1. The van der Waals surface area contributed by atoms with Crippen LogP contribution in [0.15, 0.2) is 0 Å². The zero-order valence-corrected chi connectivity index (χ0v) is 8.13. The van der Waals surface area contributed by atoms with Gasteiger partial charge in [0.15, 0.2) is 6.10 Å². The van der Waals surface area contributed by atoms with Gasteiger partial charge in [-0.1, -0.05) is 26.2 Å². The van der Waals surface area contributed by atoms with Crippen LogP contribution in [0.3, 0.4) is 0 Å². The number of carboxylic acid groups (broad SMARTS) is 1. The van der Waals surface area contributed by atoms with Gasteiger partial charge in [-0.3, -0.25) is 3.83 Å². The van der Waals surface area contributed by atoms with Crippen LogP contribution in [0.4, 0.5) is 0 Å². The summed E-state index contributed by atoms with van der Waals surface area (Å²) in [6.07, 6.45) is 2.93. The monoisotopic (exact) mass is 224 g/mol. The molecule has 0 heterocycles. The second kappa shape index (κ2) is 6.61. The highest BCUT2D eigenvalue weighted by atomic mass is 79.9. The minimum Gasteiger partial charge on any atom is -0.479 e. The smallest absolute Gasteiger partial charge is 0.334 e. The summed E-state index contributed by atoms with van der Waals surface area (Å²) >= 11 is 2.69. The van der Waals surface area contributed by atoms with Crippen LogP contribution in [0.1, 0.15) is 32.6 Å². The predicted octanol–water partition coefficient (Wildman–Crippen LogP) is 2.35. The highest BCUT2D eigenvalue weighted by Gasteiger charge is 2.15. The molecular formula is C7H13BrO3. The maximum atomic E-state index is 10.4. The summed E-state index contributed by atoms with van der Waals surface area (Å²) in [5.74, 6) is -0.905. The van der Waals surface area contributed by atoms with E-state index in [2.05, 4.69) is 27.0 Å². The highest BCUT2D eigenvalue weighted by molar-refractivity contribution is 9.06. The van der Waals surface area contributed by atoms with Crippen LogP contribution in [-0.4, -0.2) is 17.2 Å². The maximum Gasteiger partial charge on any atom is 0.334 e. The standard InChI is InChI=1S/C7H13BrO3/c1-2-3-4-5-6(11-8)7(9)10/h6H,2-5H2,1H3,(H,9,10). The molecule has 1 N–H and O–H groups in total. The van der Waals surface area contributed by atoms with Gasteiger partial charge < -0.3 is 5.11 Å². The third-order valence-electron chi connectivity index (χ3n) is 1.45. The molecule has 0 radical (unpaired) electrons. The lowest BCUT2D eigenvalue weighted by Gasteiger charge is -2.06. The molecular weight excluding hydrogens is 212 g/mol. The fourth-order valence-electron chi connectivity index (χ4n) is 0.786. The van der Waals surface area contributed by atoms with Gasteiger partial charge in [0, 0.05) is 0 Å². The lowest BCUT2D eigenvalue weighted by Crippen LogP contribution is -2.19. The second-order valence-corrected chi connectivity index (χ2v) is 2.79. The van der Waals surface area contributed by atoms with Crippen LogP contribution in [-0.2, 0) is 8.62 Å². The van der Waals surface area contributed by atoms with Gasteiger partial charge in [-0.15, -0.1) is 0 Å². The van der Waals surface area contributed by atoms with Crippen molar-refractivity contribution >= 4 is 22.2 Å². The summed E-state index contributed by atoms with van der Waals surface area (Å²) in [5, 5.41) is 8.52. The van der Waals surface area contributed by atoms with E-state index in [1.165, 1.54) is 0 Å². The van der Waals surface area contributed by atoms with Gasteiger partial charge in [0.1, 0.15) is 0 Å². The van der Waals surface area contributed by atoms with Gasteiger partial charge in [0.25, 0.3) is 0 Å². The zero-order chi connectivity index (χ0) is 8.69. The summed E-state index contributed by atoms with van der Waals surface area (Å²) in [7, 11) is 0. The molecule has 0 aliphatic rings. The molecule has 0 amide bonds. The molecule has 0 saturated carbocycles. The molecule has 11 heavy (non-hydrogen) atoms. The van der Waals surface area contributed by atoms with E-state index in [-0.39, 0.29) is 0 Å². The zero-order valence-electron chi connectivity index (χ0n) is 6.55. The van der Waals surface area contributed by atoms with Crippen LogP contribution in [0.25, 0.3) is 0 Å². The first kappa shape index (κ1) is 10.9. The van der Waals surface area contributed by atoms with Crippen LogP contribution >= 0.6 is 16.3 Å². The SMILES string of the molecule is CCCCCC(OBr)C(=O)O. The van der Waals surface area contributed by atoms with Crippen LogP contribution in [0.5, 0.6) is 0 Å². The van der Waals surface area contributed by atoms with Crippen LogP contribution in [0.2, 0.25) is 0 Å². The summed E-state index contributed by atoms with van der Waals surface area (Å²) in [6, 6.07) is 0. The molecule has 0 aliphatic carbocycles. The van der Waals surface area contributed by atoms with Crippen molar-refractivity contribution < 1.29 is 13.7 Å². The number of hydrogen-bond acceptors (Lipinski definition) is 2. The molecule has 1 unspecified atom stereocenters. The number of halogens is 1. The van der Waals surface area contributed by atoms with E-state index in [4.69, 9.17) is 5.11 Å². The first-order valence-electron chi connectivity index (χ1n) is 3.72. The van der Waals surface area contributed by atoms with E-state index >= 15 is 0 Å². The van der Waals surface area contributed by atoms with Crippen molar-refractivity contribution in [3.05, 3.63) is 0 Å². The molecule has 0 aliphatic heterocycles. The quantitative estimate of drug-likeness (QED) is 0.705. The predicted molar refractivity (Wildman–Crippen MR) is 45.6 cm³/mol. The first-order valence-corrected chi connectivity index (χ1v) is 4.37. The average molecular weight is 225 g/mol. The Hall–Kier alpha value is -0.0900. The average Bonchev–Trinajstić information content (AvgIpc) is 1.97. The Kier molecular flexibility index (Phi) is 6.56. The van der Waals surface area contributed by atoms with E-state index in [1.807, 2.05) is 0 Å². The fraction of sp³-hybridized carbons (Fsp3) is 0.857. The molecule has 0 aromatic heterocycles. The topological polar surface area (TPSA) is 46.5 Å². The molecule has 0 fully saturated rings. The number of aliphatic carboxylic acids is 1. The van der Waals surface area contributed by atoms with E-state index in [1.54, 1.807) is 0 Å². The van der Waals surface area contributed by atoms with Crippen molar-refractivity contribution in [3.63, 3.8) is 0 Å². The van der Waals surface area contributed by atoms with Gasteiger partial charge in [-0.05, 0) is 6.42 Å². The second-order valence-electron chi connectivity index (χ2n) is 2.41. The Labute approximate surface area is 75.2 Å². The number of carboxylic acids is 1. The Morgan fingerprint density at radius 1 is 1.64 bits per heavy atom. The van der Waals surface area contributed by atoms with Crippen molar-refractivity contribution in [2.24, 2.45) is 0 Å². The third-order valence-corrected chi connectivity index (χ3v) is 1.90. The van der Waals surface area contributed by atoms with Gasteiger partial charge in [0.05, 0.1) is 16.3 Å². The first-order chi connectivity index (χ1) is 5.22. The van der Waals surface area contributed by atoms with Crippen molar-refractivity contribution in [1.82, 2.24) is 0 Å². The molecule has 0 saturated heterocycles. The minimum atomic E-state index is -0.905.